The first kappa shape index (κ1) is 14.1. The largest absolute Gasteiger partial charge is 0.481 e. The highest BCUT2D eigenvalue weighted by Crippen LogP contribution is 2.28. The van der Waals surface area contributed by atoms with Gasteiger partial charge in [-0.3, -0.25) is 0 Å². The number of halogens is 3. The van der Waals surface area contributed by atoms with Gasteiger partial charge in [0.2, 0.25) is 5.88 Å². The third-order valence-corrected chi connectivity index (χ3v) is 2.57. The fraction of sp³-hybridized carbons (Fsp3) is 0.231. The topological polar surface area (TPSA) is 47.0 Å². The number of alkyl halides is 3. The van der Waals surface area contributed by atoms with Crippen molar-refractivity contribution >= 4 is 5.82 Å². The van der Waals surface area contributed by atoms with E-state index in [9.17, 15) is 13.2 Å². The quantitative estimate of drug-likeness (QED) is 0.936. The number of nitrogens with one attached hydrogen (secondary N) is 1. The van der Waals surface area contributed by atoms with Crippen LogP contribution in [0, 0.1) is 0 Å². The Morgan fingerprint density at radius 2 is 2.00 bits per heavy atom. The zero-order chi connectivity index (χ0) is 14.6. The molecule has 0 aromatic carbocycles. The van der Waals surface area contributed by atoms with Gasteiger partial charge in [0.05, 0.1) is 12.7 Å². The summed E-state index contributed by atoms with van der Waals surface area (Å²) >= 11 is 0. The van der Waals surface area contributed by atoms with Crippen LogP contribution in [0.5, 0.6) is 5.88 Å². The van der Waals surface area contributed by atoms with Gasteiger partial charge in [-0.05, 0) is 23.8 Å². The van der Waals surface area contributed by atoms with Crippen molar-refractivity contribution in [2.45, 2.75) is 12.7 Å². The summed E-state index contributed by atoms with van der Waals surface area (Å²) in [5.41, 5.74) is 0.118. The third kappa shape index (κ3) is 3.59. The molecular weight excluding hydrogens is 271 g/mol. The van der Waals surface area contributed by atoms with Crippen molar-refractivity contribution in [1.82, 2.24) is 9.97 Å². The molecule has 2 heterocycles. The molecule has 2 rings (SSSR count). The molecular formula is C13H12F3N3O. The van der Waals surface area contributed by atoms with Gasteiger partial charge in [-0.1, -0.05) is 0 Å². The van der Waals surface area contributed by atoms with Gasteiger partial charge in [0.15, 0.2) is 0 Å². The molecule has 0 aliphatic heterocycles. The minimum atomic E-state index is -4.37. The van der Waals surface area contributed by atoms with Gasteiger partial charge in [-0.15, -0.1) is 0 Å². The molecule has 2 aromatic rings. The van der Waals surface area contributed by atoms with Crippen molar-refractivity contribution in [1.29, 1.82) is 0 Å². The Morgan fingerprint density at radius 1 is 1.20 bits per heavy atom. The molecule has 0 saturated heterocycles. The third-order valence-electron chi connectivity index (χ3n) is 2.57. The average Bonchev–Trinajstić information content (AvgIpc) is 2.45. The number of methoxy groups -OCH3 is 1. The fourth-order valence-electron chi connectivity index (χ4n) is 1.53. The van der Waals surface area contributed by atoms with Crippen LogP contribution in [0.1, 0.15) is 11.1 Å². The van der Waals surface area contributed by atoms with E-state index in [-0.39, 0.29) is 0 Å². The molecule has 0 fully saturated rings. The molecule has 106 valence electrons. The number of rotatable bonds is 4. The number of anilines is 1. The highest BCUT2D eigenvalue weighted by molar-refractivity contribution is 5.37. The fourth-order valence-corrected chi connectivity index (χ4v) is 1.53. The molecule has 0 spiro atoms. The predicted molar refractivity (Wildman–Crippen MR) is 67.4 cm³/mol. The monoisotopic (exact) mass is 283 g/mol. The second-order valence-corrected chi connectivity index (χ2v) is 3.99. The van der Waals surface area contributed by atoms with Gasteiger partial charge >= 0.3 is 6.18 Å². The Bertz CT molecular complexity index is 570. The average molecular weight is 283 g/mol. The van der Waals surface area contributed by atoms with Crippen LogP contribution in [-0.2, 0) is 12.7 Å². The highest BCUT2D eigenvalue weighted by Gasteiger charge is 2.30. The lowest BCUT2D eigenvalue weighted by Crippen LogP contribution is -2.07. The first-order chi connectivity index (χ1) is 9.49. The lowest BCUT2D eigenvalue weighted by Gasteiger charge is -2.09. The van der Waals surface area contributed by atoms with Crippen molar-refractivity contribution in [3.63, 3.8) is 0 Å². The second-order valence-electron chi connectivity index (χ2n) is 3.99. The molecule has 4 nitrogen and oxygen atoms in total. The molecule has 0 amide bonds. The first-order valence-electron chi connectivity index (χ1n) is 5.75. The van der Waals surface area contributed by atoms with Crippen molar-refractivity contribution in [3.05, 3.63) is 47.8 Å². The SMILES string of the molecule is COc1cc(CNc2ccc(C(F)(F)F)cn2)ccn1. The molecule has 7 heteroatoms. The van der Waals surface area contributed by atoms with Gasteiger partial charge in [0, 0.05) is 25.0 Å². The maximum absolute atomic E-state index is 12.4. The van der Waals surface area contributed by atoms with Crippen LogP contribution in [0.4, 0.5) is 19.0 Å². The highest BCUT2D eigenvalue weighted by atomic mass is 19.4. The standard InChI is InChI=1S/C13H12F3N3O/c1-20-12-6-9(4-5-17-12)7-18-11-3-2-10(8-19-11)13(14,15)16/h2-6,8H,7H2,1H3,(H,18,19). The van der Waals surface area contributed by atoms with E-state index in [0.29, 0.717) is 18.2 Å². The van der Waals surface area contributed by atoms with E-state index in [1.807, 2.05) is 0 Å². The molecule has 0 bridgehead atoms. The van der Waals surface area contributed by atoms with Crippen molar-refractivity contribution in [3.8, 4) is 5.88 Å². The van der Waals surface area contributed by atoms with Crippen LogP contribution < -0.4 is 10.1 Å². The number of hydrogen-bond donors (Lipinski definition) is 1. The smallest absolute Gasteiger partial charge is 0.417 e. The zero-order valence-electron chi connectivity index (χ0n) is 10.6. The van der Waals surface area contributed by atoms with Crippen LogP contribution in [-0.4, -0.2) is 17.1 Å². The number of aromatic nitrogens is 2. The van der Waals surface area contributed by atoms with E-state index >= 15 is 0 Å². The maximum Gasteiger partial charge on any atom is 0.417 e. The molecule has 2 aromatic heterocycles. The summed E-state index contributed by atoms with van der Waals surface area (Å²) in [4.78, 5) is 7.69. The molecule has 0 radical (unpaired) electrons. The Labute approximate surface area is 113 Å². The van der Waals surface area contributed by atoms with E-state index in [0.717, 1.165) is 17.8 Å². The lowest BCUT2D eigenvalue weighted by atomic mass is 10.2. The zero-order valence-corrected chi connectivity index (χ0v) is 10.6. The van der Waals surface area contributed by atoms with Gasteiger partial charge in [0.25, 0.3) is 0 Å². The van der Waals surface area contributed by atoms with Crippen LogP contribution >= 0.6 is 0 Å². The Kier molecular flexibility index (Phi) is 4.07. The van der Waals surface area contributed by atoms with E-state index in [1.165, 1.54) is 13.2 Å². The molecule has 0 saturated carbocycles. The van der Waals surface area contributed by atoms with Crippen molar-refractivity contribution < 1.29 is 17.9 Å². The van der Waals surface area contributed by atoms with Crippen molar-refractivity contribution in [2.75, 3.05) is 12.4 Å². The summed E-state index contributed by atoms with van der Waals surface area (Å²) in [6, 6.07) is 5.79. The Balaban J connectivity index is 2.00. The van der Waals surface area contributed by atoms with Crippen molar-refractivity contribution in [2.24, 2.45) is 0 Å². The summed E-state index contributed by atoms with van der Waals surface area (Å²) in [6.07, 6.45) is -1.98. The number of hydrogen-bond acceptors (Lipinski definition) is 4. The maximum atomic E-state index is 12.4. The molecule has 20 heavy (non-hydrogen) atoms. The normalized spacial score (nSPS) is 11.2. The van der Waals surface area contributed by atoms with Gasteiger partial charge in [-0.25, -0.2) is 9.97 Å². The van der Waals surface area contributed by atoms with E-state index in [4.69, 9.17) is 4.74 Å². The van der Waals surface area contributed by atoms with E-state index in [2.05, 4.69) is 15.3 Å². The molecule has 0 atom stereocenters. The number of ether oxygens (including phenoxy) is 1. The predicted octanol–water partition coefficient (Wildman–Crippen LogP) is 3.12. The van der Waals surface area contributed by atoms with Crippen LogP contribution in [0.2, 0.25) is 0 Å². The number of pyridine rings is 2. The molecule has 1 N–H and O–H groups in total. The van der Waals surface area contributed by atoms with Crippen LogP contribution in [0.3, 0.4) is 0 Å². The molecule has 0 aliphatic carbocycles. The summed E-state index contributed by atoms with van der Waals surface area (Å²) in [5, 5.41) is 2.93. The minimum Gasteiger partial charge on any atom is -0.481 e. The van der Waals surface area contributed by atoms with E-state index < -0.39 is 11.7 Å². The summed E-state index contributed by atoms with van der Waals surface area (Å²) in [7, 11) is 1.51. The van der Waals surface area contributed by atoms with Gasteiger partial charge < -0.3 is 10.1 Å². The number of nitrogens with zero attached hydrogens (tertiary/aromatic N) is 2. The van der Waals surface area contributed by atoms with Gasteiger partial charge in [0.1, 0.15) is 5.82 Å². The van der Waals surface area contributed by atoms with E-state index in [1.54, 1.807) is 18.3 Å². The summed E-state index contributed by atoms with van der Waals surface area (Å²) in [5.74, 6) is 0.846. The van der Waals surface area contributed by atoms with Crippen LogP contribution in [0.25, 0.3) is 0 Å². The summed E-state index contributed by atoms with van der Waals surface area (Å²) in [6.45, 7) is 0.414. The molecule has 0 unspecified atom stereocenters. The first-order valence-corrected chi connectivity index (χ1v) is 5.75. The van der Waals surface area contributed by atoms with Crippen LogP contribution in [0.15, 0.2) is 36.7 Å². The Hall–Kier alpha value is -2.31. The summed E-state index contributed by atoms with van der Waals surface area (Å²) < 4.78 is 42.1. The lowest BCUT2D eigenvalue weighted by molar-refractivity contribution is -0.137. The molecule has 0 aliphatic rings. The second kappa shape index (κ2) is 5.77. The Morgan fingerprint density at radius 3 is 2.60 bits per heavy atom. The minimum absolute atomic E-state index is 0.369. The van der Waals surface area contributed by atoms with Gasteiger partial charge in [-0.2, -0.15) is 13.2 Å².